The zero-order valence-electron chi connectivity index (χ0n) is 12.2. The number of hydrogen-bond donors (Lipinski definition) is 2. The van der Waals surface area contributed by atoms with Crippen LogP contribution in [-0.2, 0) is 0 Å². The van der Waals surface area contributed by atoms with E-state index in [-0.39, 0.29) is 24.4 Å². The van der Waals surface area contributed by atoms with Crippen LogP contribution in [0.15, 0.2) is 24.3 Å². The summed E-state index contributed by atoms with van der Waals surface area (Å²) in [4.78, 5) is 12.0. The third-order valence-corrected chi connectivity index (χ3v) is 2.85. The predicted molar refractivity (Wildman–Crippen MR) is 83.7 cm³/mol. The van der Waals surface area contributed by atoms with E-state index in [2.05, 4.69) is 26.1 Å². The summed E-state index contributed by atoms with van der Waals surface area (Å²) in [5.41, 5.74) is 7.20. The minimum Gasteiger partial charge on any atom is -0.399 e. The lowest BCUT2D eigenvalue weighted by atomic mass is 9.89. The number of carbonyl (C=O) groups is 1. The molecular formula is C15H25ClN2O. The van der Waals surface area contributed by atoms with Crippen molar-refractivity contribution in [3.63, 3.8) is 0 Å². The second-order valence-corrected chi connectivity index (χ2v) is 6.10. The largest absolute Gasteiger partial charge is 0.399 e. The summed E-state index contributed by atoms with van der Waals surface area (Å²) in [5.74, 6) is -0.0521. The summed E-state index contributed by atoms with van der Waals surface area (Å²) in [6.45, 7) is 8.66. The van der Waals surface area contributed by atoms with Gasteiger partial charge in [-0.05, 0) is 43.4 Å². The van der Waals surface area contributed by atoms with Gasteiger partial charge in [0.25, 0.3) is 5.91 Å². The highest BCUT2D eigenvalue weighted by Crippen LogP contribution is 2.21. The number of rotatable bonds is 4. The Labute approximate surface area is 122 Å². The minimum atomic E-state index is -0.0521. The van der Waals surface area contributed by atoms with Gasteiger partial charge in [-0.3, -0.25) is 4.79 Å². The van der Waals surface area contributed by atoms with E-state index >= 15 is 0 Å². The van der Waals surface area contributed by atoms with Crippen LogP contribution in [0, 0.1) is 5.41 Å². The first-order valence-electron chi connectivity index (χ1n) is 6.44. The first-order chi connectivity index (χ1) is 8.28. The molecule has 0 aliphatic rings. The van der Waals surface area contributed by atoms with Crippen molar-refractivity contribution in [1.29, 1.82) is 0 Å². The number of hydrogen-bond acceptors (Lipinski definition) is 2. The molecule has 4 heteroatoms. The van der Waals surface area contributed by atoms with Crippen molar-refractivity contribution in [3.8, 4) is 0 Å². The quantitative estimate of drug-likeness (QED) is 0.830. The van der Waals surface area contributed by atoms with E-state index < -0.39 is 0 Å². The Morgan fingerprint density at radius 3 is 2.53 bits per heavy atom. The molecule has 0 saturated carbocycles. The molecule has 0 bridgehead atoms. The fraction of sp³-hybridized carbons (Fsp3) is 0.533. The molecule has 0 fully saturated rings. The Morgan fingerprint density at radius 1 is 1.37 bits per heavy atom. The average molecular weight is 285 g/mol. The molecule has 1 amide bonds. The van der Waals surface area contributed by atoms with Gasteiger partial charge in [0.1, 0.15) is 0 Å². The smallest absolute Gasteiger partial charge is 0.251 e. The maximum absolute atomic E-state index is 12.0. The Hall–Kier alpha value is -1.22. The Morgan fingerprint density at radius 2 is 2.00 bits per heavy atom. The molecular weight excluding hydrogens is 260 g/mol. The van der Waals surface area contributed by atoms with Crippen LogP contribution < -0.4 is 11.1 Å². The number of nitrogen functional groups attached to an aromatic ring is 1. The van der Waals surface area contributed by atoms with Gasteiger partial charge < -0.3 is 11.1 Å². The van der Waals surface area contributed by atoms with Crippen LogP contribution in [0.4, 0.5) is 5.69 Å². The second-order valence-electron chi connectivity index (χ2n) is 6.10. The van der Waals surface area contributed by atoms with E-state index in [1.165, 1.54) is 0 Å². The molecule has 1 aromatic rings. The van der Waals surface area contributed by atoms with Gasteiger partial charge in [0, 0.05) is 17.3 Å². The summed E-state index contributed by atoms with van der Waals surface area (Å²) in [5, 5.41) is 3.00. The van der Waals surface area contributed by atoms with Crippen molar-refractivity contribution in [2.24, 2.45) is 5.41 Å². The predicted octanol–water partition coefficient (Wildman–Crippen LogP) is 3.64. The number of nitrogens with two attached hydrogens (primary N) is 1. The molecule has 1 aromatic carbocycles. The summed E-state index contributed by atoms with van der Waals surface area (Å²) < 4.78 is 0. The fourth-order valence-corrected chi connectivity index (χ4v) is 1.71. The highest BCUT2D eigenvalue weighted by Gasteiger charge is 2.14. The number of anilines is 1. The van der Waals surface area contributed by atoms with E-state index in [0.717, 1.165) is 12.8 Å². The van der Waals surface area contributed by atoms with E-state index in [0.29, 0.717) is 16.7 Å². The highest BCUT2D eigenvalue weighted by molar-refractivity contribution is 5.95. The topological polar surface area (TPSA) is 55.1 Å². The van der Waals surface area contributed by atoms with Crippen molar-refractivity contribution < 1.29 is 4.79 Å². The van der Waals surface area contributed by atoms with E-state index in [1.54, 1.807) is 24.3 Å². The highest BCUT2D eigenvalue weighted by atomic mass is 35.5. The van der Waals surface area contributed by atoms with Crippen molar-refractivity contribution in [1.82, 2.24) is 5.32 Å². The third kappa shape index (κ3) is 7.06. The molecule has 0 aromatic heterocycles. The van der Waals surface area contributed by atoms with Gasteiger partial charge in [0.15, 0.2) is 0 Å². The van der Waals surface area contributed by atoms with Crippen LogP contribution in [0.1, 0.15) is 50.9 Å². The molecule has 0 heterocycles. The molecule has 0 saturated heterocycles. The first kappa shape index (κ1) is 17.8. The average Bonchev–Trinajstić information content (AvgIpc) is 2.25. The molecule has 1 unspecified atom stereocenters. The SMILES string of the molecule is CC(CCC(C)(C)C)NC(=O)c1cccc(N)c1.Cl. The van der Waals surface area contributed by atoms with E-state index in [9.17, 15) is 4.79 Å². The van der Waals surface area contributed by atoms with Crippen molar-refractivity contribution in [3.05, 3.63) is 29.8 Å². The molecule has 0 aliphatic carbocycles. The Kier molecular flexibility index (Phi) is 6.91. The minimum absolute atomic E-state index is 0. The molecule has 0 aliphatic heterocycles. The van der Waals surface area contributed by atoms with Crippen molar-refractivity contribution >= 4 is 24.0 Å². The van der Waals surface area contributed by atoms with Gasteiger partial charge in [0.05, 0.1) is 0 Å². The van der Waals surface area contributed by atoms with Crippen LogP contribution in [0.3, 0.4) is 0 Å². The molecule has 0 spiro atoms. The lowest BCUT2D eigenvalue weighted by Gasteiger charge is -2.21. The maximum atomic E-state index is 12.0. The van der Waals surface area contributed by atoms with Gasteiger partial charge in [-0.25, -0.2) is 0 Å². The molecule has 108 valence electrons. The number of halogens is 1. The monoisotopic (exact) mass is 284 g/mol. The van der Waals surface area contributed by atoms with Crippen LogP contribution in [0.25, 0.3) is 0 Å². The van der Waals surface area contributed by atoms with Gasteiger partial charge >= 0.3 is 0 Å². The molecule has 3 N–H and O–H groups in total. The normalized spacial score (nSPS) is 12.4. The van der Waals surface area contributed by atoms with Crippen molar-refractivity contribution in [2.45, 2.75) is 46.6 Å². The number of benzene rings is 1. The summed E-state index contributed by atoms with van der Waals surface area (Å²) in [6.07, 6.45) is 2.07. The summed E-state index contributed by atoms with van der Waals surface area (Å²) in [6, 6.07) is 7.23. The number of nitrogens with one attached hydrogen (secondary N) is 1. The number of carbonyl (C=O) groups excluding carboxylic acids is 1. The molecule has 3 nitrogen and oxygen atoms in total. The van der Waals surface area contributed by atoms with Crippen LogP contribution in [0.2, 0.25) is 0 Å². The lowest BCUT2D eigenvalue weighted by molar-refractivity contribution is 0.0935. The van der Waals surface area contributed by atoms with Gasteiger partial charge in [-0.1, -0.05) is 26.8 Å². The first-order valence-corrected chi connectivity index (χ1v) is 6.44. The molecule has 0 radical (unpaired) electrons. The fourth-order valence-electron chi connectivity index (χ4n) is 1.71. The Bertz CT molecular complexity index is 413. The van der Waals surface area contributed by atoms with Gasteiger partial charge in [0.2, 0.25) is 0 Å². The maximum Gasteiger partial charge on any atom is 0.251 e. The van der Waals surface area contributed by atoms with Crippen LogP contribution >= 0.6 is 12.4 Å². The third-order valence-electron chi connectivity index (χ3n) is 2.85. The zero-order valence-corrected chi connectivity index (χ0v) is 13.0. The number of amides is 1. The van der Waals surface area contributed by atoms with E-state index in [1.807, 2.05) is 6.92 Å². The summed E-state index contributed by atoms with van der Waals surface area (Å²) >= 11 is 0. The van der Waals surface area contributed by atoms with Crippen molar-refractivity contribution in [2.75, 3.05) is 5.73 Å². The molecule has 1 rings (SSSR count). The molecule has 19 heavy (non-hydrogen) atoms. The second kappa shape index (κ2) is 7.39. The standard InChI is InChI=1S/C15H24N2O.ClH/c1-11(8-9-15(2,3)4)17-14(18)12-6-5-7-13(16)10-12;/h5-7,10-11H,8-9,16H2,1-4H3,(H,17,18);1H. The van der Waals surface area contributed by atoms with Crippen LogP contribution in [0.5, 0.6) is 0 Å². The lowest BCUT2D eigenvalue weighted by Crippen LogP contribution is -2.33. The Balaban J connectivity index is 0.00000324. The van der Waals surface area contributed by atoms with Gasteiger partial charge in [-0.2, -0.15) is 0 Å². The molecule has 1 atom stereocenters. The zero-order chi connectivity index (χ0) is 13.8. The van der Waals surface area contributed by atoms with Gasteiger partial charge in [-0.15, -0.1) is 12.4 Å². The van der Waals surface area contributed by atoms with Crippen LogP contribution in [-0.4, -0.2) is 11.9 Å². The summed E-state index contributed by atoms with van der Waals surface area (Å²) in [7, 11) is 0. The van der Waals surface area contributed by atoms with E-state index in [4.69, 9.17) is 5.73 Å².